The van der Waals surface area contributed by atoms with Crippen molar-refractivity contribution < 1.29 is 4.74 Å². The standard InChI is InChI=1S/C12H13ClN2O/c13-9-3-4-10-11(6-9)15-12(14-10)8-2-1-5-16-7-8/h3-4,6,8H,1-2,5,7H2,(H,14,15). The van der Waals surface area contributed by atoms with Crippen LogP contribution >= 0.6 is 11.6 Å². The van der Waals surface area contributed by atoms with E-state index in [0.29, 0.717) is 5.92 Å². The third kappa shape index (κ3) is 1.81. The lowest BCUT2D eigenvalue weighted by Crippen LogP contribution is -2.16. The van der Waals surface area contributed by atoms with Crippen molar-refractivity contribution in [2.24, 2.45) is 0 Å². The molecule has 0 radical (unpaired) electrons. The smallest absolute Gasteiger partial charge is 0.112 e. The summed E-state index contributed by atoms with van der Waals surface area (Å²) in [4.78, 5) is 7.91. The van der Waals surface area contributed by atoms with Crippen molar-refractivity contribution in [3.63, 3.8) is 0 Å². The first-order chi connectivity index (χ1) is 7.83. The number of fused-ring (bicyclic) bond motifs is 1. The molecule has 1 fully saturated rings. The number of benzene rings is 1. The predicted octanol–water partition coefficient (Wildman–Crippen LogP) is 3.11. The summed E-state index contributed by atoms with van der Waals surface area (Å²) in [5.41, 5.74) is 1.98. The Labute approximate surface area is 98.8 Å². The van der Waals surface area contributed by atoms with Gasteiger partial charge >= 0.3 is 0 Å². The average molecular weight is 237 g/mol. The Morgan fingerprint density at radius 2 is 2.38 bits per heavy atom. The molecular formula is C12H13ClN2O. The van der Waals surface area contributed by atoms with Crippen LogP contribution in [0.15, 0.2) is 18.2 Å². The fourth-order valence-electron chi connectivity index (χ4n) is 2.15. The van der Waals surface area contributed by atoms with Crippen LogP contribution in [0.4, 0.5) is 0 Å². The summed E-state index contributed by atoms with van der Waals surface area (Å²) < 4.78 is 5.47. The second-order valence-electron chi connectivity index (χ2n) is 4.20. The second kappa shape index (κ2) is 4.07. The molecular weight excluding hydrogens is 224 g/mol. The number of hydrogen-bond acceptors (Lipinski definition) is 2. The fraction of sp³-hybridized carbons (Fsp3) is 0.417. The number of hydrogen-bond donors (Lipinski definition) is 1. The van der Waals surface area contributed by atoms with E-state index in [1.54, 1.807) is 0 Å². The van der Waals surface area contributed by atoms with Gasteiger partial charge in [-0.3, -0.25) is 0 Å². The number of aromatic amines is 1. The maximum Gasteiger partial charge on any atom is 0.112 e. The molecule has 1 aromatic heterocycles. The largest absolute Gasteiger partial charge is 0.381 e. The Balaban J connectivity index is 1.97. The molecule has 1 N–H and O–H groups in total. The molecule has 0 bridgehead atoms. The van der Waals surface area contributed by atoms with Gasteiger partial charge in [-0.1, -0.05) is 11.6 Å². The normalized spacial score (nSPS) is 21.4. The number of aromatic nitrogens is 2. The highest BCUT2D eigenvalue weighted by Crippen LogP contribution is 2.26. The summed E-state index contributed by atoms with van der Waals surface area (Å²) in [6.07, 6.45) is 2.26. The van der Waals surface area contributed by atoms with Gasteiger partial charge in [0.25, 0.3) is 0 Å². The van der Waals surface area contributed by atoms with E-state index >= 15 is 0 Å². The Morgan fingerprint density at radius 3 is 3.19 bits per heavy atom. The third-order valence-electron chi connectivity index (χ3n) is 3.01. The molecule has 1 atom stereocenters. The van der Waals surface area contributed by atoms with E-state index in [1.807, 2.05) is 18.2 Å². The van der Waals surface area contributed by atoms with Crippen molar-refractivity contribution in [3.05, 3.63) is 29.0 Å². The maximum atomic E-state index is 5.94. The van der Waals surface area contributed by atoms with Gasteiger partial charge in [-0.05, 0) is 31.0 Å². The van der Waals surface area contributed by atoms with Crippen molar-refractivity contribution in [2.45, 2.75) is 18.8 Å². The SMILES string of the molecule is Clc1ccc2nc(C3CCCOC3)[nH]c2c1. The quantitative estimate of drug-likeness (QED) is 0.826. The van der Waals surface area contributed by atoms with Gasteiger partial charge in [0, 0.05) is 17.5 Å². The number of rotatable bonds is 1. The van der Waals surface area contributed by atoms with E-state index in [0.717, 1.165) is 47.9 Å². The van der Waals surface area contributed by atoms with Crippen LogP contribution in [0.25, 0.3) is 11.0 Å². The number of ether oxygens (including phenoxy) is 1. The Hall–Kier alpha value is -1.06. The molecule has 2 aromatic rings. The summed E-state index contributed by atoms with van der Waals surface area (Å²) in [6, 6.07) is 5.73. The van der Waals surface area contributed by atoms with Crippen molar-refractivity contribution in [1.82, 2.24) is 9.97 Å². The molecule has 1 aliphatic heterocycles. The molecule has 0 aliphatic carbocycles. The minimum absolute atomic E-state index is 0.403. The zero-order chi connectivity index (χ0) is 11.0. The lowest BCUT2D eigenvalue weighted by Gasteiger charge is -2.19. The molecule has 84 valence electrons. The van der Waals surface area contributed by atoms with Gasteiger partial charge in [-0.15, -0.1) is 0 Å². The van der Waals surface area contributed by atoms with E-state index in [1.165, 1.54) is 0 Å². The zero-order valence-corrected chi connectivity index (χ0v) is 9.63. The predicted molar refractivity (Wildman–Crippen MR) is 63.9 cm³/mol. The average Bonchev–Trinajstić information content (AvgIpc) is 2.73. The van der Waals surface area contributed by atoms with Gasteiger partial charge in [-0.25, -0.2) is 4.98 Å². The van der Waals surface area contributed by atoms with Crippen LogP contribution in [0.2, 0.25) is 5.02 Å². The number of imidazole rings is 1. The second-order valence-corrected chi connectivity index (χ2v) is 4.63. The Bertz CT molecular complexity index is 503. The first-order valence-corrected chi connectivity index (χ1v) is 5.93. The lowest BCUT2D eigenvalue weighted by atomic mass is 10.0. The van der Waals surface area contributed by atoms with Gasteiger partial charge < -0.3 is 9.72 Å². The lowest BCUT2D eigenvalue weighted by molar-refractivity contribution is 0.0784. The number of H-pyrrole nitrogens is 1. The molecule has 0 spiro atoms. The van der Waals surface area contributed by atoms with Crippen LogP contribution in [0, 0.1) is 0 Å². The summed E-state index contributed by atoms with van der Waals surface area (Å²) in [5, 5.41) is 0.739. The molecule has 1 aliphatic rings. The highest BCUT2D eigenvalue weighted by atomic mass is 35.5. The number of nitrogens with zero attached hydrogens (tertiary/aromatic N) is 1. The molecule has 1 aromatic carbocycles. The monoisotopic (exact) mass is 236 g/mol. The van der Waals surface area contributed by atoms with Crippen molar-refractivity contribution >= 4 is 22.6 Å². The van der Waals surface area contributed by atoms with Crippen LogP contribution in [0.3, 0.4) is 0 Å². The van der Waals surface area contributed by atoms with Crippen LogP contribution in [-0.4, -0.2) is 23.2 Å². The molecule has 4 heteroatoms. The number of halogens is 1. The molecule has 16 heavy (non-hydrogen) atoms. The third-order valence-corrected chi connectivity index (χ3v) is 3.24. The van der Waals surface area contributed by atoms with Gasteiger partial charge in [-0.2, -0.15) is 0 Å². The topological polar surface area (TPSA) is 37.9 Å². The van der Waals surface area contributed by atoms with Crippen LogP contribution in [-0.2, 0) is 4.74 Å². The van der Waals surface area contributed by atoms with Gasteiger partial charge in [0.1, 0.15) is 5.82 Å². The van der Waals surface area contributed by atoms with Gasteiger partial charge in [0.05, 0.1) is 17.6 Å². The van der Waals surface area contributed by atoms with Crippen LogP contribution < -0.4 is 0 Å². The molecule has 1 unspecified atom stereocenters. The van der Waals surface area contributed by atoms with Crippen molar-refractivity contribution in [1.29, 1.82) is 0 Å². The number of nitrogens with one attached hydrogen (secondary N) is 1. The minimum Gasteiger partial charge on any atom is -0.381 e. The van der Waals surface area contributed by atoms with E-state index in [2.05, 4.69) is 9.97 Å². The molecule has 2 heterocycles. The minimum atomic E-state index is 0.403. The summed E-state index contributed by atoms with van der Waals surface area (Å²) >= 11 is 5.94. The van der Waals surface area contributed by atoms with Crippen molar-refractivity contribution in [3.8, 4) is 0 Å². The molecule has 3 rings (SSSR count). The first-order valence-electron chi connectivity index (χ1n) is 5.56. The summed E-state index contributed by atoms with van der Waals surface area (Å²) in [6.45, 7) is 1.65. The molecule has 0 amide bonds. The first kappa shape index (κ1) is 10.1. The Morgan fingerprint density at radius 1 is 1.44 bits per heavy atom. The van der Waals surface area contributed by atoms with E-state index in [9.17, 15) is 0 Å². The molecule has 3 nitrogen and oxygen atoms in total. The highest BCUT2D eigenvalue weighted by Gasteiger charge is 2.19. The zero-order valence-electron chi connectivity index (χ0n) is 8.87. The summed E-state index contributed by atoms with van der Waals surface area (Å²) in [5.74, 6) is 1.43. The highest BCUT2D eigenvalue weighted by molar-refractivity contribution is 6.31. The Kier molecular flexibility index (Phi) is 2.58. The summed E-state index contributed by atoms with van der Waals surface area (Å²) in [7, 11) is 0. The van der Waals surface area contributed by atoms with Crippen molar-refractivity contribution in [2.75, 3.05) is 13.2 Å². The molecule has 0 saturated carbocycles. The van der Waals surface area contributed by atoms with E-state index in [-0.39, 0.29) is 0 Å². The molecule has 1 saturated heterocycles. The van der Waals surface area contributed by atoms with Gasteiger partial charge in [0.2, 0.25) is 0 Å². The van der Waals surface area contributed by atoms with E-state index < -0.39 is 0 Å². The van der Waals surface area contributed by atoms with E-state index in [4.69, 9.17) is 16.3 Å². The van der Waals surface area contributed by atoms with Crippen LogP contribution in [0.5, 0.6) is 0 Å². The maximum absolute atomic E-state index is 5.94. The van der Waals surface area contributed by atoms with Crippen LogP contribution in [0.1, 0.15) is 24.6 Å². The fourth-order valence-corrected chi connectivity index (χ4v) is 2.32. The van der Waals surface area contributed by atoms with Gasteiger partial charge in [0.15, 0.2) is 0 Å².